The summed E-state index contributed by atoms with van der Waals surface area (Å²) in [6, 6.07) is 25.3. The quantitative estimate of drug-likeness (QED) is 0.538. The minimum atomic E-state index is 0.938. The molecule has 3 aromatic rings. The van der Waals surface area contributed by atoms with Crippen LogP contribution in [0.2, 0.25) is 0 Å². The molecular formula is C23H22BrN3. The van der Waals surface area contributed by atoms with Gasteiger partial charge in [0.05, 0.1) is 22.8 Å². The Morgan fingerprint density at radius 2 is 1.52 bits per heavy atom. The summed E-state index contributed by atoms with van der Waals surface area (Å²) in [4.78, 5) is 7.52. The summed E-state index contributed by atoms with van der Waals surface area (Å²) in [5, 5.41) is 3.25. The predicted octanol–water partition coefficient (Wildman–Crippen LogP) is 5.68. The number of para-hydroxylation sites is 3. The molecule has 0 radical (unpaired) electrons. The minimum Gasteiger partial charge on any atom is -0.339 e. The van der Waals surface area contributed by atoms with Gasteiger partial charge in [0.2, 0.25) is 0 Å². The van der Waals surface area contributed by atoms with Crippen LogP contribution in [0.3, 0.4) is 0 Å². The van der Waals surface area contributed by atoms with Gasteiger partial charge in [-0.1, -0.05) is 64.5 Å². The van der Waals surface area contributed by atoms with Crippen molar-refractivity contribution in [2.24, 2.45) is 4.99 Å². The monoisotopic (exact) mass is 419 g/mol. The summed E-state index contributed by atoms with van der Waals surface area (Å²) in [6.07, 6.45) is 1.06. The van der Waals surface area contributed by atoms with Crippen molar-refractivity contribution in [3.8, 4) is 0 Å². The molecule has 3 nitrogen and oxygen atoms in total. The molecule has 1 N–H and O–H groups in total. The van der Waals surface area contributed by atoms with Crippen LogP contribution in [0.25, 0.3) is 0 Å². The molecule has 0 aliphatic carbocycles. The van der Waals surface area contributed by atoms with E-state index in [4.69, 9.17) is 4.99 Å². The zero-order valence-corrected chi connectivity index (χ0v) is 16.9. The Morgan fingerprint density at radius 1 is 0.852 bits per heavy atom. The number of anilines is 2. The number of nitrogens with zero attached hydrogens (tertiary/aromatic N) is 2. The SMILES string of the molecule is CNCCCN1c2ccccc2N=C(c2ccccc2Br)c2ccccc21. The van der Waals surface area contributed by atoms with Crippen LogP contribution in [0, 0.1) is 0 Å². The van der Waals surface area contributed by atoms with Gasteiger partial charge in [0.25, 0.3) is 0 Å². The van der Waals surface area contributed by atoms with Gasteiger partial charge in [0, 0.05) is 22.1 Å². The van der Waals surface area contributed by atoms with E-state index in [9.17, 15) is 0 Å². The maximum atomic E-state index is 5.12. The van der Waals surface area contributed by atoms with Gasteiger partial charge in [-0.3, -0.25) is 0 Å². The molecule has 0 bridgehead atoms. The van der Waals surface area contributed by atoms with E-state index in [2.05, 4.69) is 92.9 Å². The number of halogens is 1. The van der Waals surface area contributed by atoms with Crippen LogP contribution in [-0.2, 0) is 0 Å². The van der Waals surface area contributed by atoms with Crippen molar-refractivity contribution >= 4 is 38.7 Å². The summed E-state index contributed by atoms with van der Waals surface area (Å²) in [5.74, 6) is 0. The van der Waals surface area contributed by atoms with Crippen molar-refractivity contribution in [2.75, 3.05) is 25.0 Å². The maximum absolute atomic E-state index is 5.12. The average Bonchev–Trinajstić information content (AvgIpc) is 2.84. The molecule has 4 rings (SSSR count). The number of rotatable bonds is 5. The fourth-order valence-electron chi connectivity index (χ4n) is 3.52. The third-order valence-electron chi connectivity index (χ3n) is 4.79. The lowest BCUT2D eigenvalue weighted by atomic mass is 10.00. The van der Waals surface area contributed by atoms with Crippen molar-refractivity contribution in [2.45, 2.75) is 6.42 Å². The average molecular weight is 420 g/mol. The Labute approximate surface area is 168 Å². The molecular weight excluding hydrogens is 398 g/mol. The second kappa shape index (κ2) is 8.07. The van der Waals surface area contributed by atoms with E-state index >= 15 is 0 Å². The molecule has 0 fully saturated rings. The van der Waals surface area contributed by atoms with E-state index in [1.165, 1.54) is 5.69 Å². The molecule has 1 heterocycles. The zero-order valence-electron chi connectivity index (χ0n) is 15.3. The van der Waals surface area contributed by atoms with E-state index < -0.39 is 0 Å². The number of hydrogen-bond donors (Lipinski definition) is 1. The molecule has 0 saturated carbocycles. The molecule has 0 saturated heterocycles. The fourth-order valence-corrected chi connectivity index (χ4v) is 3.99. The molecule has 3 aromatic carbocycles. The Kier molecular flexibility index (Phi) is 5.37. The van der Waals surface area contributed by atoms with Crippen molar-refractivity contribution < 1.29 is 0 Å². The number of nitrogens with one attached hydrogen (secondary N) is 1. The van der Waals surface area contributed by atoms with Gasteiger partial charge in [-0.15, -0.1) is 0 Å². The third-order valence-corrected chi connectivity index (χ3v) is 5.48. The molecule has 0 amide bonds. The van der Waals surface area contributed by atoms with E-state index in [-0.39, 0.29) is 0 Å². The lowest BCUT2D eigenvalue weighted by Gasteiger charge is -2.26. The second-order valence-corrected chi connectivity index (χ2v) is 7.41. The molecule has 1 aliphatic rings. The number of aliphatic imine (C=N–C) groups is 1. The zero-order chi connectivity index (χ0) is 18.6. The van der Waals surface area contributed by atoms with E-state index in [1.807, 2.05) is 13.1 Å². The van der Waals surface area contributed by atoms with E-state index in [0.29, 0.717) is 0 Å². The van der Waals surface area contributed by atoms with Crippen LogP contribution in [0.1, 0.15) is 17.5 Å². The van der Waals surface area contributed by atoms with Gasteiger partial charge < -0.3 is 10.2 Å². The molecule has 0 spiro atoms. The van der Waals surface area contributed by atoms with Crippen LogP contribution in [-0.4, -0.2) is 25.8 Å². The smallest absolute Gasteiger partial charge is 0.0874 e. The summed E-state index contributed by atoms with van der Waals surface area (Å²) in [6.45, 7) is 1.92. The molecule has 27 heavy (non-hydrogen) atoms. The van der Waals surface area contributed by atoms with Crippen LogP contribution in [0.4, 0.5) is 17.1 Å². The normalized spacial score (nSPS) is 12.8. The van der Waals surface area contributed by atoms with Crippen LogP contribution >= 0.6 is 15.9 Å². The largest absolute Gasteiger partial charge is 0.339 e. The molecule has 136 valence electrons. The Bertz CT molecular complexity index is 981. The molecule has 0 aromatic heterocycles. The highest BCUT2D eigenvalue weighted by atomic mass is 79.9. The summed E-state index contributed by atoms with van der Waals surface area (Å²) in [5.41, 5.74) is 6.63. The maximum Gasteiger partial charge on any atom is 0.0874 e. The van der Waals surface area contributed by atoms with E-state index in [1.54, 1.807) is 0 Å². The standard InChI is InChI=1S/C23H22BrN3/c1-25-15-8-16-27-21-13-6-3-10-18(21)23(17-9-2-4-11-19(17)24)26-20-12-5-7-14-22(20)27/h2-7,9-14,25H,8,15-16H2,1H3. The van der Waals surface area contributed by atoms with Crippen molar-refractivity contribution in [1.29, 1.82) is 0 Å². The molecule has 4 heteroatoms. The highest BCUT2D eigenvalue weighted by Gasteiger charge is 2.24. The number of hydrogen-bond acceptors (Lipinski definition) is 3. The van der Waals surface area contributed by atoms with Gasteiger partial charge in [-0.25, -0.2) is 4.99 Å². The first-order valence-corrected chi connectivity index (χ1v) is 10.0. The highest BCUT2D eigenvalue weighted by Crippen LogP contribution is 2.41. The highest BCUT2D eigenvalue weighted by molar-refractivity contribution is 9.10. The van der Waals surface area contributed by atoms with Crippen LogP contribution in [0.15, 0.2) is 82.3 Å². The topological polar surface area (TPSA) is 27.6 Å². The first-order chi connectivity index (χ1) is 13.3. The second-order valence-electron chi connectivity index (χ2n) is 6.55. The van der Waals surface area contributed by atoms with Gasteiger partial charge in [0.15, 0.2) is 0 Å². The lowest BCUT2D eigenvalue weighted by molar-refractivity contribution is 0.723. The first kappa shape index (κ1) is 18.0. The van der Waals surface area contributed by atoms with Gasteiger partial charge in [0.1, 0.15) is 0 Å². The third kappa shape index (κ3) is 3.55. The fraction of sp³-hybridized carbons (Fsp3) is 0.174. The van der Waals surface area contributed by atoms with Gasteiger partial charge >= 0.3 is 0 Å². The lowest BCUT2D eigenvalue weighted by Crippen LogP contribution is -2.23. The first-order valence-electron chi connectivity index (χ1n) is 9.24. The summed E-state index contributed by atoms with van der Waals surface area (Å²) >= 11 is 3.71. The number of fused-ring (bicyclic) bond motifs is 2. The Hall–Kier alpha value is -2.43. The van der Waals surface area contributed by atoms with Crippen LogP contribution < -0.4 is 10.2 Å². The Morgan fingerprint density at radius 3 is 2.30 bits per heavy atom. The summed E-state index contributed by atoms with van der Waals surface area (Å²) in [7, 11) is 2.00. The molecule has 1 aliphatic heterocycles. The number of benzene rings is 3. The van der Waals surface area contributed by atoms with Gasteiger partial charge in [-0.2, -0.15) is 0 Å². The Balaban J connectivity index is 1.92. The van der Waals surface area contributed by atoms with Crippen molar-refractivity contribution in [3.05, 3.63) is 88.4 Å². The van der Waals surface area contributed by atoms with Crippen molar-refractivity contribution in [3.63, 3.8) is 0 Å². The van der Waals surface area contributed by atoms with Crippen LogP contribution in [0.5, 0.6) is 0 Å². The molecule has 0 unspecified atom stereocenters. The summed E-state index contributed by atoms with van der Waals surface area (Å²) < 4.78 is 1.06. The van der Waals surface area contributed by atoms with Gasteiger partial charge in [-0.05, 0) is 44.3 Å². The van der Waals surface area contributed by atoms with E-state index in [0.717, 1.165) is 52.2 Å². The molecule has 0 atom stereocenters. The minimum absolute atomic E-state index is 0.938. The predicted molar refractivity (Wildman–Crippen MR) is 118 cm³/mol. The van der Waals surface area contributed by atoms with Crippen molar-refractivity contribution in [1.82, 2.24) is 5.32 Å².